The predicted octanol–water partition coefficient (Wildman–Crippen LogP) is 4.75. The first-order chi connectivity index (χ1) is 10.9. The van der Waals surface area contributed by atoms with Crippen LogP contribution >= 0.6 is 0 Å². The standard InChI is InChI=1S/C18H23F2N3/c1-11(2)23-6-5-12(3)14-7-15(13-9-21-22(4)10-13)16(18(19)20)8-17(14)23/h7-12,18H,5-6H2,1-4H3/t12-/m1/s1. The molecule has 1 aliphatic heterocycles. The Labute approximate surface area is 135 Å². The molecule has 3 rings (SSSR count). The van der Waals surface area contributed by atoms with Crippen molar-refractivity contribution in [3.63, 3.8) is 0 Å². The smallest absolute Gasteiger partial charge is 0.264 e. The van der Waals surface area contributed by atoms with Gasteiger partial charge >= 0.3 is 0 Å². The van der Waals surface area contributed by atoms with Gasteiger partial charge in [0.25, 0.3) is 6.43 Å². The third kappa shape index (κ3) is 2.84. The summed E-state index contributed by atoms with van der Waals surface area (Å²) in [6.45, 7) is 7.31. The van der Waals surface area contributed by atoms with Crippen molar-refractivity contribution in [3.8, 4) is 11.1 Å². The first kappa shape index (κ1) is 16.0. The van der Waals surface area contributed by atoms with Gasteiger partial charge in [-0.3, -0.25) is 4.68 Å². The van der Waals surface area contributed by atoms with Gasteiger partial charge in [-0.25, -0.2) is 8.78 Å². The van der Waals surface area contributed by atoms with Crippen molar-refractivity contribution in [2.75, 3.05) is 11.4 Å². The lowest BCUT2D eigenvalue weighted by molar-refractivity contribution is 0.152. The second-order valence-electron chi connectivity index (χ2n) is 6.68. The normalized spacial score (nSPS) is 17.9. The van der Waals surface area contributed by atoms with Gasteiger partial charge < -0.3 is 4.90 Å². The molecule has 23 heavy (non-hydrogen) atoms. The lowest BCUT2D eigenvalue weighted by Crippen LogP contribution is -2.36. The number of halogens is 2. The third-order valence-corrected chi connectivity index (χ3v) is 4.72. The van der Waals surface area contributed by atoms with E-state index in [1.807, 2.05) is 6.07 Å². The molecule has 2 heterocycles. The second kappa shape index (κ2) is 5.95. The van der Waals surface area contributed by atoms with Gasteiger partial charge in [-0.15, -0.1) is 0 Å². The van der Waals surface area contributed by atoms with Crippen LogP contribution in [0.3, 0.4) is 0 Å². The fraction of sp³-hybridized carbons (Fsp3) is 0.500. The maximum atomic E-state index is 13.7. The molecule has 0 saturated carbocycles. The molecule has 1 aromatic carbocycles. The molecule has 2 aromatic rings. The number of anilines is 1. The topological polar surface area (TPSA) is 21.1 Å². The van der Waals surface area contributed by atoms with Crippen LogP contribution in [0.25, 0.3) is 11.1 Å². The van der Waals surface area contributed by atoms with Crippen molar-refractivity contribution < 1.29 is 8.78 Å². The zero-order valence-corrected chi connectivity index (χ0v) is 14.1. The fourth-order valence-electron chi connectivity index (χ4n) is 3.40. The van der Waals surface area contributed by atoms with Gasteiger partial charge in [0.1, 0.15) is 0 Å². The van der Waals surface area contributed by atoms with E-state index in [-0.39, 0.29) is 5.56 Å². The Bertz CT molecular complexity index is 706. The van der Waals surface area contributed by atoms with Gasteiger partial charge in [-0.1, -0.05) is 6.92 Å². The molecule has 3 nitrogen and oxygen atoms in total. The van der Waals surface area contributed by atoms with E-state index in [1.165, 1.54) is 0 Å². The molecule has 0 unspecified atom stereocenters. The number of hydrogen-bond donors (Lipinski definition) is 0. The number of aromatic nitrogens is 2. The average Bonchev–Trinajstić information content (AvgIpc) is 2.92. The van der Waals surface area contributed by atoms with Crippen molar-refractivity contribution in [1.29, 1.82) is 0 Å². The van der Waals surface area contributed by atoms with Crippen molar-refractivity contribution >= 4 is 5.69 Å². The van der Waals surface area contributed by atoms with Crippen LogP contribution in [-0.2, 0) is 7.05 Å². The minimum absolute atomic E-state index is 0.0940. The number of benzene rings is 1. The summed E-state index contributed by atoms with van der Waals surface area (Å²) < 4.78 is 29.0. The molecule has 0 fully saturated rings. The number of hydrogen-bond acceptors (Lipinski definition) is 2. The molecule has 0 aliphatic carbocycles. The van der Waals surface area contributed by atoms with Gasteiger partial charge in [0.2, 0.25) is 0 Å². The molecule has 124 valence electrons. The Hall–Kier alpha value is -1.91. The fourth-order valence-corrected chi connectivity index (χ4v) is 3.40. The number of rotatable bonds is 3. The van der Waals surface area contributed by atoms with Crippen LogP contribution in [0.15, 0.2) is 24.5 Å². The molecule has 0 N–H and O–H groups in total. The molecule has 1 aliphatic rings. The Morgan fingerprint density at radius 1 is 1.26 bits per heavy atom. The molecule has 5 heteroatoms. The molecular formula is C18H23F2N3. The van der Waals surface area contributed by atoms with Gasteiger partial charge in [0.05, 0.1) is 6.20 Å². The molecule has 0 radical (unpaired) electrons. The number of fused-ring (bicyclic) bond motifs is 1. The third-order valence-electron chi connectivity index (χ3n) is 4.72. The highest BCUT2D eigenvalue weighted by Crippen LogP contribution is 2.42. The number of nitrogens with zero attached hydrogens (tertiary/aromatic N) is 3. The summed E-state index contributed by atoms with van der Waals surface area (Å²) in [6.07, 6.45) is 2.00. The lowest BCUT2D eigenvalue weighted by Gasteiger charge is -2.38. The SMILES string of the molecule is CC(C)N1CC[C@@H](C)c2cc(-c3cnn(C)c3)c(C(F)F)cc21. The highest BCUT2D eigenvalue weighted by atomic mass is 19.3. The van der Waals surface area contributed by atoms with Crippen molar-refractivity contribution in [2.24, 2.45) is 7.05 Å². The number of aryl methyl sites for hydroxylation is 1. The monoisotopic (exact) mass is 319 g/mol. The Morgan fingerprint density at radius 2 is 2.00 bits per heavy atom. The van der Waals surface area contributed by atoms with Crippen LogP contribution in [0, 0.1) is 0 Å². The van der Waals surface area contributed by atoms with Crippen molar-refractivity contribution in [1.82, 2.24) is 9.78 Å². The molecular weight excluding hydrogens is 296 g/mol. The maximum Gasteiger partial charge on any atom is 0.264 e. The summed E-state index contributed by atoms with van der Waals surface area (Å²) in [7, 11) is 1.80. The quantitative estimate of drug-likeness (QED) is 0.814. The summed E-state index contributed by atoms with van der Waals surface area (Å²) in [5.74, 6) is 0.377. The first-order valence-corrected chi connectivity index (χ1v) is 8.10. The lowest BCUT2D eigenvalue weighted by atomic mass is 9.86. The van der Waals surface area contributed by atoms with Crippen LogP contribution in [0.1, 0.15) is 50.7 Å². The minimum atomic E-state index is -2.50. The van der Waals surface area contributed by atoms with Crippen LogP contribution in [-0.4, -0.2) is 22.4 Å². The van der Waals surface area contributed by atoms with Crippen LogP contribution in [0.5, 0.6) is 0 Å². The highest BCUT2D eigenvalue weighted by molar-refractivity contribution is 5.74. The Morgan fingerprint density at radius 3 is 2.57 bits per heavy atom. The molecule has 1 atom stereocenters. The Balaban J connectivity index is 2.20. The van der Waals surface area contributed by atoms with E-state index in [2.05, 4.69) is 30.8 Å². The Kier molecular flexibility index (Phi) is 4.13. The predicted molar refractivity (Wildman–Crippen MR) is 89.1 cm³/mol. The molecule has 1 aromatic heterocycles. The van der Waals surface area contributed by atoms with Crippen LogP contribution in [0.2, 0.25) is 0 Å². The van der Waals surface area contributed by atoms with E-state index in [0.29, 0.717) is 17.5 Å². The number of alkyl halides is 2. The van der Waals surface area contributed by atoms with E-state index in [9.17, 15) is 8.78 Å². The van der Waals surface area contributed by atoms with Crippen LogP contribution < -0.4 is 4.90 Å². The highest BCUT2D eigenvalue weighted by Gasteiger charge is 2.28. The van der Waals surface area contributed by atoms with Crippen LogP contribution in [0.4, 0.5) is 14.5 Å². The minimum Gasteiger partial charge on any atom is -0.369 e. The van der Waals surface area contributed by atoms with Gasteiger partial charge in [0, 0.05) is 42.6 Å². The second-order valence-corrected chi connectivity index (χ2v) is 6.68. The largest absolute Gasteiger partial charge is 0.369 e. The first-order valence-electron chi connectivity index (χ1n) is 8.10. The molecule has 0 saturated heterocycles. The van der Waals surface area contributed by atoms with Crippen molar-refractivity contribution in [2.45, 2.75) is 45.6 Å². The van der Waals surface area contributed by atoms with Crippen molar-refractivity contribution in [3.05, 3.63) is 35.7 Å². The van der Waals surface area contributed by atoms with E-state index >= 15 is 0 Å². The van der Waals surface area contributed by atoms with E-state index in [1.54, 1.807) is 30.2 Å². The average molecular weight is 319 g/mol. The zero-order chi connectivity index (χ0) is 16.7. The summed E-state index contributed by atoms with van der Waals surface area (Å²) in [6, 6.07) is 3.95. The van der Waals surface area contributed by atoms with Gasteiger partial charge in [-0.05, 0) is 49.4 Å². The summed E-state index contributed by atoms with van der Waals surface area (Å²) in [5.41, 5.74) is 3.56. The molecule has 0 amide bonds. The summed E-state index contributed by atoms with van der Waals surface area (Å²) in [4.78, 5) is 2.23. The molecule has 0 bridgehead atoms. The summed E-state index contributed by atoms with van der Waals surface area (Å²) >= 11 is 0. The molecule has 0 spiro atoms. The summed E-state index contributed by atoms with van der Waals surface area (Å²) in [5, 5.41) is 4.13. The van der Waals surface area contributed by atoms with Gasteiger partial charge in [0.15, 0.2) is 0 Å². The zero-order valence-electron chi connectivity index (χ0n) is 14.1. The van der Waals surface area contributed by atoms with E-state index < -0.39 is 6.43 Å². The van der Waals surface area contributed by atoms with Gasteiger partial charge in [-0.2, -0.15) is 5.10 Å². The maximum absolute atomic E-state index is 13.7. The van der Waals surface area contributed by atoms with E-state index in [4.69, 9.17) is 0 Å². The van der Waals surface area contributed by atoms with E-state index in [0.717, 1.165) is 29.8 Å².